The molecule has 0 atom stereocenters. The van der Waals surface area contributed by atoms with Gasteiger partial charge in [-0.1, -0.05) is 27.2 Å². The highest BCUT2D eigenvalue weighted by Gasteiger charge is 2.38. The molecule has 2 N–H and O–H groups in total. The Hall–Kier alpha value is -0.130. The van der Waals surface area contributed by atoms with E-state index >= 15 is 0 Å². The molecule has 0 aromatic carbocycles. The Morgan fingerprint density at radius 1 is 1.14 bits per heavy atom. The van der Waals surface area contributed by atoms with Crippen molar-refractivity contribution in [3.8, 4) is 0 Å². The molecule has 1 aliphatic rings. The van der Waals surface area contributed by atoms with Gasteiger partial charge in [0.1, 0.15) is 0 Å². The fourth-order valence-electron chi connectivity index (χ4n) is 3.67. The van der Waals surface area contributed by atoms with Crippen molar-refractivity contribution >= 4 is 9.84 Å². The lowest BCUT2D eigenvalue weighted by atomic mass is 9.74. The average Bonchev–Trinajstić information content (AvgIpc) is 2.48. The van der Waals surface area contributed by atoms with E-state index < -0.39 is 9.84 Å². The van der Waals surface area contributed by atoms with Crippen LogP contribution in [0.5, 0.6) is 0 Å². The molecule has 21 heavy (non-hydrogen) atoms. The Morgan fingerprint density at radius 3 is 2.19 bits per heavy atom. The number of likely N-dealkylation sites (N-methyl/N-ethyl adjacent to an activating group) is 1. The van der Waals surface area contributed by atoms with Crippen molar-refractivity contribution in [1.29, 1.82) is 0 Å². The Labute approximate surface area is 131 Å². The molecule has 0 aromatic heterocycles. The van der Waals surface area contributed by atoms with E-state index in [1.54, 1.807) is 0 Å². The number of rotatable bonds is 9. The molecule has 0 unspecified atom stereocenters. The van der Waals surface area contributed by atoms with Gasteiger partial charge in [-0.25, -0.2) is 8.42 Å². The second kappa shape index (κ2) is 8.49. The quantitative estimate of drug-likeness (QED) is 0.709. The molecule has 0 aromatic rings. The predicted octanol–water partition coefficient (Wildman–Crippen LogP) is 2.43. The summed E-state index contributed by atoms with van der Waals surface area (Å²) in [4.78, 5) is 2.34. The minimum Gasteiger partial charge on any atom is -0.329 e. The normalized spacial score (nSPS) is 27.2. The molecule has 5 heteroatoms. The van der Waals surface area contributed by atoms with E-state index in [4.69, 9.17) is 5.73 Å². The van der Waals surface area contributed by atoms with Gasteiger partial charge >= 0.3 is 0 Å². The van der Waals surface area contributed by atoms with Crippen molar-refractivity contribution in [2.45, 2.75) is 64.8 Å². The molecule has 1 aliphatic carbocycles. The molecule has 0 spiro atoms. The van der Waals surface area contributed by atoms with Gasteiger partial charge in [-0.05, 0) is 44.6 Å². The van der Waals surface area contributed by atoms with Gasteiger partial charge in [0.05, 0.1) is 5.75 Å². The van der Waals surface area contributed by atoms with Gasteiger partial charge in [-0.3, -0.25) is 4.90 Å². The molecule has 1 rings (SSSR count). The van der Waals surface area contributed by atoms with Crippen molar-refractivity contribution in [2.75, 3.05) is 31.1 Å². The van der Waals surface area contributed by atoms with Crippen molar-refractivity contribution < 1.29 is 8.42 Å². The molecule has 4 nitrogen and oxygen atoms in total. The van der Waals surface area contributed by atoms with Crippen LogP contribution in [0.4, 0.5) is 0 Å². The van der Waals surface area contributed by atoms with Crippen molar-refractivity contribution in [1.82, 2.24) is 4.90 Å². The molecule has 0 amide bonds. The lowest BCUT2D eigenvalue weighted by Gasteiger charge is -2.47. The monoisotopic (exact) mass is 318 g/mol. The van der Waals surface area contributed by atoms with Crippen LogP contribution in [-0.4, -0.2) is 50.0 Å². The van der Waals surface area contributed by atoms with Crippen molar-refractivity contribution in [3.05, 3.63) is 0 Å². The van der Waals surface area contributed by atoms with E-state index in [9.17, 15) is 8.42 Å². The van der Waals surface area contributed by atoms with Gasteiger partial charge in [0.25, 0.3) is 0 Å². The summed E-state index contributed by atoms with van der Waals surface area (Å²) in [5.41, 5.74) is 6.14. The first kappa shape index (κ1) is 18.9. The van der Waals surface area contributed by atoms with Gasteiger partial charge in [0.2, 0.25) is 0 Å². The van der Waals surface area contributed by atoms with Gasteiger partial charge in [0, 0.05) is 24.4 Å². The molecule has 0 radical (unpaired) electrons. The molecule has 0 saturated heterocycles. The lowest BCUT2D eigenvalue weighted by Crippen LogP contribution is -2.56. The fraction of sp³-hybridized carbons (Fsp3) is 1.00. The van der Waals surface area contributed by atoms with E-state index in [-0.39, 0.29) is 11.3 Å². The van der Waals surface area contributed by atoms with Gasteiger partial charge in [0.15, 0.2) is 9.84 Å². The molecule has 126 valence electrons. The van der Waals surface area contributed by atoms with Crippen LogP contribution in [0.15, 0.2) is 0 Å². The summed E-state index contributed by atoms with van der Waals surface area (Å²) in [6.45, 7) is 8.46. The fourth-order valence-corrected chi connectivity index (χ4v) is 4.99. The summed E-state index contributed by atoms with van der Waals surface area (Å²) in [6.07, 6.45) is 6.64. The topological polar surface area (TPSA) is 63.4 Å². The Balaban J connectivity index is 2.68. The standard InChI is InChI=1S/C16H34N2O2S/c1-4-12-21(19,20)13-11-18(6-3)16(14-17)9-7-15(5-2)8-10-16/h15H,4-14,17H2,1-3H3. The van der Waals surface area contributed by atoms with Crippen LogP contribution < -0.4 is 5.73 Å². The first-order valence-corrected chi connectivity index (χ1v) is 10.4. The predicted molar refractivity (Wildman–Crippen MR) is 90.2 cm³/mol. The van der Waals surface area contributed by atoms with Crippen LogP contribution >= 0.6 is 0 Å². The van der Waals surface area contributed by atoms with E-state index in [1.807, 2.05) is 6.92 Å². The number of nitrogens with zero attached hydrogens (tertiary/aromatic N) is 1. The second-order valence-corrected chi connectivity index (χ2v) is 8.82. The van der Waals surface area contributed by atoms with Crippen molar-refractivity contribution in [2.24, 2.45) is 11.7 Å². The molecule has 0 heterocycles. The second-order valence-electron chi connectivity index (χ2n) is 6.51. The van der Waals surface area contributed by atoms with Crippen LogP contribution in [0.25, 0.3) is 0 Å². The van der Waals surface area contributed by atoms with Crippen LogP contribution in [0, 0.1) is 5.92 Å². The largest absolute Gasteiger partial charge is 0.329 e. The first-order valence-electron chi connectivity index (χ1n) is 8.58. The summed E-state index contributed by atoms with van der Waals surface area (Å²) in [5, 5.41) is 0. The lowest BCUT2D eigenvalue weighted by molar-refractivity contribution is 0.0510. The SMILES string of the molecule is CCCS(=O)(=O)CCN(CC)C1(CN)CCC(CC)CC1. The van der Waals surface area contributed by atoms with Gasteiger partial charge in [-0.2, -0.15) is 0 Å². The number of sulfone groups is 1. The number of hydrogen-bond acceptors (Lipinski definition) is 4. The summed E-state index contributed by atoms with van der Waals surface area (Å²) in [5.74, 6) is 1.40. The smallest absolute Gasteiger partial charge is 0.151 e. The number of hydrogen-bond donors (Lipinski definition) is 1. The highest BCUT2D eigenvalue weighted by atomic mass is 32.2. The third kappa shape index (κ3) is 5.22. The highest BCUT2D eigenvalue weighted by molar-refractivity contribution is 7.91. The highest BCUT2D eigenvalue weighted by Crippen LogP contribution is 2.37. The molecule has 0 bridgehead atoms. The Bertz CT molecular complexity index is 387. The molecule has 0 aliphatic heterocycles. The zero-order chi connectivity index (χ0) is 15.9. The summed E-state index contributed by atoms with van der Waals surface area (Å²) in [7, 11) is -2.91. The molecule has 1 saturated carbocycles. The van der Waals surface area contributed by atoms with Gasteiger partial charge in [-0.15, -0.1) is 0 Å². The van der Waals surface area contributed by atoms with E-state index in [2.05, 4.69) is 18.7 Å². The Morgan fingerprint density at radius 2 is 1.76 bits per heavy atom. The van der Waals surface area contributed by atoms with E-state index in [0.29, 0.717) is 25.3 Å². The Kier molecular flexibility index (Phi) is 7.65. The minimum absolute atomic E-state index is 0.0299. The van der Waals surface area contributed by atoms with Crippen LogP contribution in [0.3, 0.4) is 0 Å². The molecular weight excluding hydrogens is 284 g/mol. The minimum atomic E-state index is -2.91. The summed E-state index contributed by atoms with van der Waals surface area (Å²) >= 11 is 0. The zero-order valence-corrected chi connectivity index (χ0v) is 14.9. The van der Waals surface area contributed by atoms with E-state index in [1.165, 1.54) is 19.3 Å². The van der Waals surface area contributed by atoms with Crippen LogP contribution in [0.2, 0.25) is 0 Å². The summed E-state index contributed by atoms with van der Waals surface area (Å²) < 4.78 is 23.9. The first-order chi connectivity index (χ1) is 9.93. The van der Waals surface area contributed by atoms with Crippen LogP contribution in [-0.2, 0) is 9.84 Å². The average molecular weight is 319 g/mol. The van der Waals surface area contributed by atoms with Crippen molar-refractivity contribution in [3.63, 3.8) is 0 Å². The number of nitrogens with two attached hydrogens (primary N) is 1. The third-order valence-corrected chi connectivity index (χ3v) is 7.07. The third-order valence-electron chi connectivity index (χ3n) is 5.23. The van der Waals surface area contributed by atoms with E-state index in [0.717, 1.165) is 25.3 Å². The maximum Gasteiger partial charge on any atom is 0.151 e. The molecular formula is C16H34N2O2S. The van der Waals surface area contributed by atoms with Gasteiger partial charge < -0.3 is 5.73 Å². The zero-order valence-electron chi connectivity index (χ0n) is 14.1. The summed E-state index contributed by atoms with van der Waals surface area (Å²) in [6, 6.07) is 0. The van der Waals surface area contributed by atoms with Crippen LogP contribution in [0.1, 0.15) is 59.3 Å². The maximum absolute atomic E-state index is 12.0. The molecule has 1 fully saturated rings. The maximum atomic E-state index is 12.0.